The lowest BCUT2D eigenvalue weighted by atomic mass is 9.78. The maximum Gasteiger partial charge on any atom is 0.414 e. The molecule has 0 spiro atoms. The summed E-state index contributed by atoms with van der Waals surface area (Å²) in [5.74, 6) is 3.03. The first kappa shape index (κ1) is 42.1. The smallest absolute Gasteiger partial charge is 0.414 e. The minimum atomic E-state index is -0.485. The van der Waals surface area contributed by atoms with Gasteiger partial charge in [-0.1, -0.05) is 82.3 Å². The normalized spacial score (nSPS) is 20.6. The number of epoxide rings is 2. The van der Waals surface area contributed by atoms with E-state index >= 15 is 0 Å². The number of carbonyl (C=O) groups excluding carboxylic acids is 2. The number of amides is 2. The Balaban J connectivity index is 0.757. The van der Waals surface area contributed by atoms with Crippen molar-refractivity contribution in [1.29, 1.82) is 0 Å². The lowest BCUT2D eigenvalue weighted by Crippen LogP contribution is -2.29. The molecule has 0 bridgehead atoms. The van der Waals surface area contributed by atoms with Crippen LogP contribution >= 0.6 is 0 Å². The molecule has 4 aliphatic heterocycles. The van der Waals surface area contributed by atoms with Gasteiger partial charge < -0.3 is 37.9 Å². The molecule has 0 radical (unpaired) electrons. The Kier molecular flexibility index (Phi) is 11.7. The number of aryl methyl sites for hydroxylation is 1. The monoisotopic (exact) mass is 854 g/mol. The molecule has 63 heavy (non-hydrogen) atoms. The molecule has 4 unspecified atom stereocenters. The van der Waals surface area contributed by atoms with Gasteiger partial charge in [0.1, 0.15) is 61.6 Å². The van der Waals surface area contributed by atoms with Crippen LogP contribution in [0.25, 0.3) is 0 Å². The molecule has 4 atom stereocenters. The Morgan fingerprint density at radius 2 is 0.825 bits per heavy atom. The summed E-state index contributed by atoms with van der Waals surface area (Å²) in [6, 6.07) is 38.0. The number of cyclic esters (lactones) is 2. The second kappa shape index (κ2) is 17.5. The molecule has 4 fully saturated rings. The van der Waals surface area contributed by atoms with Gasteiger partial charge in [-0.05, 0) is 95.4 Å². The second-order valence-corrected chi connectivity index (χ2v) is 17.7. The highest BCUT2D eigenvalue weighted by Crippen LogP contribution is 2.36. The van der Waals surface area contributed by atoms with Crippen molar-refractivity contribution < 1.29 is 47.5 Å². The molecule has 12 nitrogen and oxygen atoms in total. The summed E-state index contributed by atoms with van der Waals surface area (Å²) in [6.45, 7) is 14.4. The summed E-state index contributed by atoms with van der Waals surface area (Å²) in [6.07, 6.45) is -1.47. The van der Waals surface area contributed by atoms with Gasteiger partial charge >= 0.3 is 12.2 Å². The third-order valence-corrected chi connectivity index (χ3v) is 12.4. The molecule has 0 N–H and O–H groups in total. The van der Waals surface area contributed by atoms with Crippen LogP contribution in [-0.2, 0) is 29.8 Å². The van der Waals surface area contributed by atoms with Gasteiger partial charge in [-0.3, -0.25) is 9.80 Å². The third kappa shape index (κ3) is 9.72. The first-order chi connectivity index (χ1) is 30.4. The molecule has 0 aliphatic carbocycles. The van der Waals surface area contributed by atoms with Gasteiger partial charge in [0, 0.05) is 16.5 Å². The van der Waals surface area contributed by atoms with E-state index in [0.29, 0.717) is 49.2 Å². The predicted octanol–water partition coefficient (Wildman–Crippen LogP) is 9.01. The van der Waals surface area contributed by atoms with Crippen LogP contribution in [0.4, 0.5) is 21.0 Å². The fourth-order valence-electron chi connectivity index (χ4n) is 7.97. The number of carbonyl (C=O) groups is 2. The Morgan fingerprint density at radius 1 is 0.492 bits per heavy atom. The summed E-state index contributed by atoms with van der Waals surface area (Å²) in [4.78, 5) is 29.5. The largest absolute Gasteiger partial charge is 0.491 e. The Bertz CT molecular complexity index is 2390. The number of hydrogen-bond acceptors (Lipinski definition) is 10. The molecule has 5 aromatic carbocycles. The number of ether oxygens (including phenoxy) is 8. The van der Waals surface area contributed by atoms with Crippen molar-refractivity contribution in [2.45, 2.75) is 69.9 Å². The molecule has 2 amide bonds. The second-order valence-electron chi connectivity index (χ2n) is 17.7. The topological polar surface area (TPSA) is 121 Å². The van der Waals surface area contributed by atoms with Gasteiger partial charge in [0.25, 0.3) is 0 Å². The van der Waals surface area contributed by atoms with Crippen molar-refractivity contribution in [3.05, 3.63) is 143 Å². The Morgan fingerprint density at radius 3 is 1.19 bits per heavy atom. The van der Waals surface area contributed by atoms with Crippen molar-refractivity contribution >= 4 is 23.6 Å². The SMILES string of the molecule is Cc1ccc(N2CC(COc3ccc(C(C)(C)c4ccc(OCC5CO5)cc4)cc3)OC2=O)cc1N1CC(COc2ccc(C(C)(C)c3ccc(OCC4CO4)cc3)cc2)OC1=O. The molecule has 0 saturated carbocycles. The highest BCUT2D eigenvalue weighted by Gasteiger charge is 2.37. The van der Waals surface area contributed by atoms with E-state index in [2.05, 4.69) is 76.2 Å². The van der Waals surface area contributed by atoms with Gasteiger partial charge in [-0.2, -0.15) is 0 Å². The van der Waals surface area contributed by atoms with Gasteiger partial charge in [0.15, 0.2) is 12.2 Å². The zero-order chi connectivity index (χ0) is 43.7. The standard InChI is InChI=1S/C51H54N2O10/c1-33-6-15-38(52-25-43(62-48(52)54)27-56-39-16-7-34(8-17-39)50(2,3)36-11-20-41(21-12-36)58-29-45-31-60-45)24-47(33)53-26-44(63-49(53)55)28-57-40-18-9-35(10-19-40)51(4,5)37-13-22-42(23-14-37)59-30-46-32-61-46/h6-24,43-46H,25-32H2,1-5H3. The summed E-state index contributed by atoms with van der Waals surface area (Å²) in [5, 5.41) is 0. The first-order valence-electron chi connectivity index (χ1n) is 21.6. The molecule has 4 heterocycles. The van der Waals surface area contributed by atoms with Crippen LogP contribution in [0.3, 0.4) is 0 Å². The van der Waals surface area contributed by atoms with E-state index in [-0.39, 0.29) is 36.3 Å². The van der Waals surface area contributed by atoms with Crippen molar-refractivity contribution in [3.8, 4) is 23.0 Å². The molecule has 5 aromatic rings. The van der Waals surface area contributed by atoms with Gasteiger partial charge in [-0.15, -0.1) is 0 Å². The first-order valence-corrected chi connectivity index (χ1v) is 21.6. The van der Waals surface area contributed by atoms with Crippen LogP contribution in [0.1, 0.15) is 55.5 Å². The van der Waals surface area contributed by atoms with E-state index < -0.39 is 24.4 Å². The quantitative estimate of drug-likeness (QED) is 0.0790. The van der Waals surface area contributed by atoms with E-state index in [0.717, 1.165) is 41.4 Å². The van der Waals surface area contributed by atoms with Gasteiger partial charge in [-0.25, -0.2) is 9.59 Å². The zero-order valence-corrected chi connectivity index (χ0v) is 36.4. The van der Waals surface area contributed by atoms with Crippen LogP contribution < -0.4 is 28.7 Å². The number of anilines is 2. The fourth-order valence-corrected chi connectivity index (χ4v) is 7.97. The van der Waals surface area contributed by atoms with E-state index in [1.54, 1.807) is 9.80 Å². The molecule has 12 heteroatoms. The highest BCUT2D eigenvalue weighted by molar-refractivity contribution is 5.94. The lowest BCUT2D eigenvalue weighted by molar-refractivity contribution is 0.104. The van der Waals surface area contributed by atoms with Crippen molar-refractivity contribution in [3.63, 3.8) is 0 Å². The Labute approximate surface area is 368 Å². The average Bonchev–Trinajstić information content (AvgIpc) is 4.24. The predicted molar refractivity (Wildman–Crippen MR) is 238 cm³/mol. The number of nitrogens with zero attached hydrogens (tertiary/aromatic N) is 2. The molecule has 4 aliphatic rings. The zero-order valence-electron chi connectivity index (χ0n) is 36.4. The molecule has 9 rings (SSSR count). The third-order valence-electron chi connectivity index (χ3n) is 12.4. The molecular formula is C51H54N2O10. The van der Waals surface area contributed by atoms with Crippen molar-refractivity contribution in [1.82, 2.24) is 0 Å². The van der Waals surface area contributed by atoms with E-state index in [9.17, 15) is 9.59 Å². The molecular weight excluding hydrogens is 801 g/mol. The van der Waals surface area contributed by atoms with Crippen LogP contribution in [0, 0.1) is 6.92 Å². The minimum Gasteiger partial charge on any atom is -0.491 e. The minimum absolute atomic E-state index is 0.193. The maximum absolute atomic E-state index is 13.2. The number of rotatable bonds is 18. The number of benzene rings is 5. The number of hydrogen-bond donors (Lipinski definition) is 0. The Hall–Kier alpha value is -6.24. The molecule has 4 saturated heterocycles. The van der Waals surface area contributed by atoms with Crippen molar-refractivity contribution in [2.24, 2.45) is 0 Å². The van der Waals surface area contributed by atoms with E-state index in [1.165, 1.54) is 11.1 Å². The van der Waals surface area contributed by atoms with Gasteiger partial charge in [0.05, 0.1) is 32.0 Å². The van der Waals surface area contributed by atoms with Crippen LogP contribution in [0.15, 0.2) is 115 Å². The summed E-state index contributed by atoms with van der Waals surface area (Å²) in [7, 11) is 0. The molecule has 328 valence electrons. The van der Waals surface area contributed by atoms with Crippen molar-refractivity contribution in [2.75, 3.05) is 62.5 Å². The van der Waals surface area contributed by atoms with E-state index in [4.69, 9.17) is 37.9 Å². The fraction of sp³-hybridized carbons (Fsp3) is 0.373. The maximum atomic E-state index is 13.2. The van der Waals surface area contributed by atoms with Crippen LogP contribution in [0.5, 0.6) is 23.0 Å². The van der Waals surface area contributed by atoms with Crippen LogP contribution in [0.2, 0.25) is 0 Å². The van der Waals surface area contributed by atoms with Crippen LogP contribution in [-0.4, -0.2) is 89.3 Å². The summed E-state index contributed by atoms with van der Waals surface area (Å²) >= 11 is 0. The average molecular weight is 855 g/mol. The summed E-state index contributed by atoms with van der Waals surface area (Å²) < 4.78 is 45.8. The van der Waals surface area contributed by atoms with Gasteiger partial charge in [0.2, 0.25) is 0 Å². The molecule has 0 aromatic heterocycles. The summed E-state index contributed by atoms with van der Waals surface area (Å²) in [5.41, 5.74) is 6.28. The highest BCUT2D eigenvalue weighted by atomic mass is 16.6. The van der Waals surface area contributed by atoms with E-state index in [1.807, 2.05) is 73.7 Å². The lowest BCUT2D eigenvalue weighted by Gasteiger charge is -2.26.